The lowest BCUT2D eigenvalue weighted by molar-refractivity contribution is -0.160. The third-order valence-electron chi connectivity index (χ3n) is 4.06. The number of benzene rings is 2. The molecule has 0 radical (unpaired) electrons. The van der Waals surface area contributed by atoms with Crippen molar-refractivity contribution in [3.05, 3.63) is 44.9 Å². The Bertz CT molecular complexity index is 760. The minimum Gasteiger partial charge on any atom is -0.462 e. The van der Waals surface area contributed by atoms with Gasteiger partial charge in [-0.15, -0.1) is 0 Å². The third kappa shape index (κ3) is 3.74. The molecule has 2 aromatic carbocycles. The summed E-state index contributed by atoms with van der Waals surface area (Å²) in [4.78, 5) is 11.4. The number of hydrogen-bond acceptors (Lipinski definition) is 3. The van der Waals surface area contributed by atoms with E-state index in [-0.39, 0.29) is 18.5 Å². The molecule has 1 fully saturated rings. The van der Waals surface area contributed by atoms with Crippen LogP contribution < -0.4 is 0 Å². The molecule has 3 rings (SSSR count). The maximum Gasteiger partial charge on any atom is 0.308 e. The van der Waals surface area contributed by atoms with Crippen LogP contribution in [0.1, 0.15) is 24.8 Å². The zero-order valence-electron chi connectivity index (χ0n) is 12.2. The standard InChI is InChI=1S/C17H15Cl3O3/c18-9-1-3-12-14(5-9)13(16(20)8-15(12)19)4-2-11-6-10(21)7-17(22)23-11/h1,3,5,8,10-11,21H,2,4,6-7H2/t10-,11-/m1/s1. The Balaban J connectivity index is 1.88. The van der Waals surface area contributed by atoms with Crippen LogP contribution >= 0.6 is 34.8 Å². The first-order chi connectivity index (χ1) is 10.9. The maximum absolute atomic E-state index is 11.4. The van der Waals surface area contributed by atoms with Gasteiger partial charge in [-0.1, -0.05) is 40.9 Å². The van der Waals surface area contributed by atoms with Gasteiger partial charge in [0.15, 0.2) is 0 Å². The SMILES string of the molecule is O=C1C[C@H](O)C[C@@H](CCc2c(Cl)cc(Cl)c3ccc(Cl)cc23)O1. The van der Waals surface area contributed by atoms with Crippen molar-refractivity contribution < 1.29 is 14.6 Å². The molecule has 6 heteroatoms. The van der Waals surface area contributed by atoms with Crippen molar-refractivity contribution in [2.45, 2.75) is 37.9 Å². The summed E-state index contributed by atoms with van der Waals surface area (Å²) in [6.07, 6.45) is 0.788. The van der Waals surface area contributed by atoms with Gasteiger partial charge in [-0.25, -0.2) is 0 Å². The first-order valence-electron chi connectivity index (χ1n) is 7.37. The summed E-state index contributed by atoms with van der Waals surface area (Å²) in [6.45, 7) is 0. The van der Waals surface area contributed by atoms with Crippen LogP contribution in [0.4, 0.5) is 0 Å². The first-order valence-corrected chi connectivity index (χ1v) is 8.51. The van der Waals surface area contributed by atoms with Gasteiger partial charge in [-0.2, -0.15) is 0 Å². The molecule has 0 aromatic heterocycles. The van der Waals surface area contributed by atoms with E-state index in [4.69, 9.17) is 39.5 Å². The number of esters is 1. The number of halogens is 3. The Kier molecular flexibility index (Phi) is 5.02. The van der Waals surface area contributed by atoms with Gasteiger partial charge in [0.1, 0.15) is 6.10 Å². The number of aliphatic hydroxyl groups excluding tert-OH is 1. The number of aliphatic hydroxyl groups is 1. The van der Waals surface area contributed by atoms with Crippen molar-refractivity contribution in [2.24, 2.45) is 0 Å². The van der Waals surface area contributed by atoms with Crippen molar-refractivity contribution in [1.82, 2.24) is 0 Å². The molecule has 3 nitrogen and oxygen atoms in total. The van der Waals surface area contributed by atoms with E-state index >= 15 is 0 Å². The van der Waals surface area contributed by atoms with E-state index in [1.54, 1.807) is 12.1 Å². The van der Waals surface area contributed by atoms with Crippen LogP contribution in [-0.4, -0.2) is 23.3 Å². The lowest BCUT2D eigenvalue weighted by Crippen LogP contribution is -2.32. The second kappa shape index (κ2) is 6.86. The van der Waals surface area contributed by atoms with Crippen molar-refractivity contribution >= 4 is 51.5 Å². The number of carbonyl (C=O) groups is 1. The fraction of sp³-hybridized carbons (Fsp3) is 0.353. The minimum absolute atomic E-state index is 0.0662. The van der Waals surface area contributed by atoms with Gasteiger partial charge in [-0.3, -0.25) is 4.79 Å². The van der Waals surface area contributed by atoms with Gasteiger partial charge in [-0.05, 0) is 42.0 Å². The van der Waals surface area contributed by atoms with Crippen molar-refractivity contribution in [1.29, 1.82) is 0 Å². The number of fused-ring (bicyclic) bond motifs is 1. The molecule has 23 heavy (non-hydrogen) atoms. The Morgan fingerprint density at radius 1 is 1.13 bits per heavy atom. The van der Waals surface area contributed by atoms with Crippen LogP contribution in [0.3, 0.4) is 0 Å². The van der Waals surface area contributed by atoms with Gasteiger partial charge in [0.05, 0.1) is 12.5 Å². The fourth-order valence-electron chi connectivity index (χ4n) is 2.98. The number of rotatable bonds is 3. The van der Waals surface area contributed by atoms with Crippen LogP contribution in [0.2, 0.25) is 15.1 Å². The summed E-state index contributed by atoms with van der Waals surface area (Å²) >= 11 is 18.7. The van der Waals surface area contributed by atoms with Gasteiger partial charge in [0.25, 0.3) is 0 Å². The normalized spacial score (nSPS) is 21.5. The largest absolute Gasteiger partial charge is 0.462 e. The summed E-state index contributed by atoms with van der Waals surface area (Å²) in [5, 5.41) is 13.2. The lowest BCUT2D eigenvalue weighted by Gasteiger charge is -2.26. The number of aryl methyl sites for hydroxylation is 1. The molecule has 1 heterocycles. The number of ether oxygens (including phenoxy) is 1. The van der Waals surface area contributed by atoms with E-state index in [1.807, 2.05) is 12.1 Å². The Hall–Kier alpha value is -1.00. The van der Waals surface area contributed by atoms with Crippen LogP contribution in [0.5, 0.6) is 0 Å². The second-order valence-electron chi connectivity index (χ2n) is 5.75. The molecular formula is C17H15Cl3O3. The van der Waals surface area contributed by atoms with Gasteiger partial charge >= 0.3 is 5.97 Å². The topological polar surface area (TPSA) is 46.5 Å². The average molecular weight is 374 g/mol. The second-order valence-corrected chi connectivity index (χ2v) is 7.00. The monoisotopic (exact) mass is 372 g/mol. The van der Waals surface area contributed by atoms with Gasteiger partial charge < -0.3 is 9.84 Å². The highest BCUT2D eigenvalue weighted by Gasteiger charge is 2.27. The van der Waals surface area contributed by atoms with Crippen molar-refractivity contribution in [3.8, 4) is 0 Å². The highest BCUT2D eigenvalue weighted by atomic mass is 35.5. The minimum atomic E-state index is -0.631. The Labute approximate surface area is 149 Å². The zero-order valence-corrected chi connectivity index (χ0v) is 14.5. The van der Waals surface area contributed by atoms with Crippen molar-refractivity contribution in [3.63, 3.8) is 0 Å². The highest BCUT2D eigenvalue weighted by molar-refractivity contribution is 6.40. The molecule has 2 atom stereocenters. The zero-order chi connectivity index (χ0) is 16.6. The van der Waals surface area contributed by atoms with E-state index in [9.17, 15) is 9.90 Å². The predicted molar refractivity (Wildman–Crippen MR) is 92.4 cm³/mol. The molecule has 0 bridgehead atoms. The molecule has 0 spiro atoms. The van der Waals surface area contributed by atoms with E-state index in [2.05, 4.69) is 0 Å². The maximum atomic E-state index is 11.4. The Morgan fingerprint density at radius 2 is 1.91 bits per heavy atom. The molecule has 2 aromatic rings. The molecule has 0 unspecified atom stereocenters. The summed E-state index contributed by atoms with van der Waals surface area (Å²) < 4.78 is 5.28. The summed E-state index contributed by atoms with van der Waals surface area (Å²) in [7, 11) is 0. The molecule has 0 aliphatic carbocycles. The summed E-state index contributed by atoms with van der Waals surface area (Å²) in [5.74, 6) is -0.358. The van der Waals surface area contributed by atoms with E-state index in [1.165, 1.54) is 0 Å². The molecule has 1 aliphatic rings. The number of hydrogen-bond donors (Lipinski definition) is 1. The average Bonchev–Trinajstić information content (AvgIpc) is 2.45. The van der Waals surface area contributed by atoms with E-state index in [0.29, 0.717) is 34.3 Å². The third-order valence-corrected chi connectivity index (χ3v) is 4.94. The van der Waals surface area contributed by atoms with E-state index in [0.717, 1.165) is 16.3 Å². The first kappa shape index (κ1) is 16.8. The van der Waals surface area contributed by atoms with Crippen LogP contribution in [0.15, 0.2) is 24.3 Å². The lowest BCUT2D eigenvalue weighted by atomic mass is 9.96. The molecular weight excluding hydrogens is 359 g/mol. The number of cyclic esters (lactones) is 1. The smallest absolute Gasteiger partial charge is 0.308 e. The van der Waals surface area contributed by atoms with Crippen LogP contribution in [0.25, 0.3) is 10.8 Å². The Morgan fingerprint density at radius 3 is 2.65 bits per heavy atom. The fourth-order valence-corrected chi connectivity index (χ4v) is 3.78. The van der Waals surface area contributed by atoms with E-state index < -0.39 is 6.10 Å². The van der Waals surface area contributed by atoms with Crippen molar-refractivity contribution in [2.75, 3.05) is 0 Å². The molecule has 122 valence electrons. The molecule has 0 amide bonds. The summed E-state index contributed by atoms with van der Waals surface area (Å²) in [6, 6.07) is 7.21. The predicted octanol–water partition coefficient (Wildman–Crippen LogP) is 4.80. The molecule has 1 saturated heterocycles. The van der Waals surface area contributed by atoms with Crippen LogP contribution in [0, 0.1) is 0 Å². The van der Waals surface area contributed by atoms with Gasteiger partial charge in [0, 0.05) is 26.9 Å². The van der Waals surface area contributed by atoms with Gasteiger partial charge in [0.2, 0.25) is 0 Å². The molecule has 1 N–H and O–H groups in total. The molecule has 1 aliphatic heterocycles. The quantitative estimate of drug-likeness (QED) is 0.786. The molecule has 0 saturated carbocycles. The van der Waals surface area contributed by atoms with Crippen LogP contribution in [-0.2, 0) is 16.0 Å². The summed E-state index contributed by atoms with van der Waals surface area (Å²) in [5.41, 5.74) is 0.921. The number of carbonyl (C=O) groups excluding carboxylic acids is 1. The highest BCUT2D eigenvalue weighted by Crippen LogP contribution is 2.35.